The van der Waals surface area contributed by atoms with Crippen molar-refractivity contribution in [2.24, 2.45) is 0 Å². The summed E-state index contributed by atoms with van der Waals surface area (Å²) in [6.45, 7) is 0. The number of benzene rings is 2. The molecular weight excluding hydrogens is 306 g/mol. The fourth-order valence-electron chi connectivity index (χ4n) is 2.22. The number of nitrogens with one attached hydrogen (secondary N) is 2. The summed E-state index contributed by atoms with van der Waals surface area (Å²) in [4.78, 5) is 4.28. The Labute approximate surface area is 129 Å². The lowest BCUT2D eigenvalue weighted by Gasteiger charge is -2.00. The van der Waals surface area contributed by atoms with Gasteiger partial charge in [-0.3, -0.25) is 0 Å². The van der Waals surface area contributed by atoms with Crippen molar-refractivity contribution < 1.29 is 4.52 Å². The zero-order chi connectivity index (χ0) is 14.2. The predicted octanol–water partition coefficient (Wildman–Crippen LogP) is 5.08. The van der Waals surface area contributed by atoms with E-state index in [4.69, 9.17) is 16.1 Å². The number of nitrogens with zero attached hydrogens (tertiary/aromatic N) is 1. The van der Waals surface area contributed by atoms with Gasteiger partial charge in [0.05, 0.1) is 10.3 Å². The molecule has 0 saturated heterocycles. The molecule has 4 nitrogen and oxygen atoms in total. The van der Waals surface area contributed by atoms with Crippen LogP contribution in [0.2, 0.25) is 5.02 Å². The molecule has 21 heavy (non-hydrogen) atoms. The number of aromatic nitrogens is 2. The van der Waals surface area contributed by atoms with Crippen LogP contribution in [0.3, 0.4) is 0 Å². The van der Waals surface area contributed by atoms with E-state index in [0.29, 0.717) is 0 Å². The molecule has 0 aliphatic heterocycles. The van der Waals surface area contributed by atoms with Gasteiger partial charge in [-0.05, 0) is 36.2 Å². The van der Waals surface area contributed by atoms with Crippen LogP contribution in [0.1, 0.15) is 0 Å². The van der Waals surface area contributed by atoms with Gasteiger partial charge < -0.3 is 14.2 Å². The van der Waals surface area contributed by atoms with Crippen molar-refractivity contribution in [3.05, 3.63) is 53.7 Å². The molecule has 4 rings (SSSR count). The van der Waals surface area contributed by atoms with E-state index >= 15 is 0 Å². The molecule has 2 aromatic carbocycles. The van der Waals surface area contributed by atoms with E-state index in [0.717, 1.165) is 37.6 Å². The van der Waals surface area contributed by atoms with E-state index in [1.54, 1.807) is 0 Å². The molecule has 2 heterocycles. The van der Waals surface area contributed by atoms with Gasteiger partial charge in [0.15, 0.2) is 11.4 Å². The first-order chi connectivity index (χ1) is 10.3. The van der Waals surface area contributed by atoms with Gasteiger partial charge >= 0.3 is 0 Å². The molecule has 0 amide bonds. The van der Waals surface area contributed by atoms with Gasteiger partial charge in [-0.25, -0.2) is 0 Å². The van der Waals surface area contributed by atoms with Crippen molar-refractivity contribution >= 4 is 51.2 Å². The lowest BCUT2D eigenvalue weighted by Crippen LogP contribution is -1.86. The van der Waals surface area contributed by atoms with Crippen LogP contribution in [0.5, 0.6) is 0 Å². The number of H-pyrrole nitrogens is 1. The molecule has 0 aliphatic carbocycles. The number of aromatic amines is 1. The highest BCUT2D eigenvalue weighted by atomic mass is 35.5. The zero-order valence-corrected chi connectivity index (χ0v) is 12.3. The van der Waals surface area contributed by atoms with E-state index in [2.05, 4.69) is 14.9 Å². The first kappa shape index (κ1) is 12.6. The third-order valence-corrected chi connectivity index (χ3v) is 4.33. The second kappa shape index (κ2) is 5.02. The van der Waals surface area contributed by atoms with Gasteiger partial charge in [-0.1, -0.05) is 35.0 Å². The summed E-state index contributed by atoms with van der Waals surface area (Å²) in [5.74, 6) is 0.721. The fraction of sp³-hybridized carbons (Fsp3) is 0. The number of rotatable bonds is 3. The Morgan fingerprint density at radius 1 is 1.14 bits per heavy atom. The van der Waals surface area contributed by atoms with Crippen LogP contribution in [0.25, 0.3) is 21.9 Å². The van der Waals surface area contributed by atoms with E-state index in [9.17, 15) is 0 Å². The van der Waals surface area contributed by atoms with E-state index in [1.165, 1.54) is 11.9 Å². The summed E-state index contributed by atoms with van der Waals surface area (Å²) in [5, 5.41) is 6.85. The van der Waals surface area contributed by atoms with Gasteiger partial charge in [0, 0.05) is 22.1 Å². The summed E-state index contributed by atoms with van der Waals surface area (Å²) < 4.78 is 8.51. The highest BCUT2D eigenvalue weighted by Crippen LogP contribution is 2.32. The molecule has 0 atom stereocenters. The maximum Gasteiger partial charge on any atom is 0.187 e. The lowest BCUT2D eigenvalue weighted by molar-refractivity contribution is 0.460. The Kier molecular flexibility index (Phi) is 3.02. The molecule has 0 fully saturated rings. The third kappa shape index (κ3) is 2.24. The molecule has 4 aromatic rings. The van der Waals surface area contributed by atoms with Crippen molar-refractivity contribution in [1.29, 1.82) is 0 Å². The molecule has 0 aliphatic rings. The van der Waals surface area contributed by atoms with Crippen molar-refractivity contribution in [2.75, 3.05) is 4.72 Å². The second-order valence-corrected chi connectivity index (χ2v) is 5.86. The average Bonchev–Trinajstić information content (AvgIpc) is 3.08. The van der Waals surface area contributed by atoms with Crippen molar-refractivity contribution in [3.63, 3.8) is 0 Å². The standard InChI is InChI=1S/C15H10ClN3OS/c16-9-5-6-10-12(7-9)17-8-14(10)21-19-15-11-3-1-2-4-13(11)20-18-15/h1-8,17H,(H,18,19). The summed E-state index contributed by atoms with van der Waals surface area (Å²) in [5.41, 5.74) is 1.78. The highest BCUT2D eigenvalue weighted by Gasteiger charge is 2.09. The number of para-hydroxylation sites is 1. The van der Waals surface area contributed by atoms with Crippen molar-refractivity contribution in [1.82, 2.24) is 10.1 Å². The lowest BCUT2D eigenvalue weighted by atomic mass is 10.2. The molecule has 2 aromatic heterocycles. The van der Waals surface area contributed by atoms with Gasteiger partial charge in [0.1, 0.15) is 0 Å². The number of fused-ring (bicyclic) bond motifs is 2. The molecule has 0 bridgehead atoms. The molecule has 104 valence electrons. The van der Waals surface area contributed by atoms with Gasteiger partial charge in [0.2, 0.25) is 0 Å². The summed E-state index contributed by atoms with van der Waals surface area (Å²) in [7, 11) is 0. The fourth-order valence-corrected chi connectivity index (χ4v) is 3.15. The quantitative estimate of drug-likeness (QED) is 0.517. The third-order valence-electron chi connectivity index (χ3n) is 3.24. The topological polar surface area (TPSA) is 53.9 Å². The minimum Gasteiger partial charge on any atom is -0.360 e. The van der Waals surface area contributed by atoms with Crippen LogP contribution in [-0.2, 0) is 0 Å². The molecule has 0 saturated carbocycles. The van der Waals surface area contributed by atoms with Gasteiger partial charge in [0.25, 0.3) is 0 Å². The number of hydrogen-bond acceptors (Lipinski definition) is 4. The Morgan fingerprint density at radius 2 is 2.05 bits per heavy atom. The average molecular weight is 316 g/mol. The van der Waals surface area contributed by atoms with Crippen LogP contribution < -0.4 is 4.72 Å². The molecule has 2 N–H and O–H groups in total. The van der Waals surface area contributed by atoms with Gasteiger partial charge in [-0.15, -0.1) is 0 Å². The van der Waals surface area contributed by atoms with E-state index < -0.39 is 0 Å². The zero-order valence-electron chi connectivity index (χ0n) is 10.8. The Morgan fingerprint density at radius 3 is 3.00 bits per heavy atom. The second-order valence-electron chi connectivity index (χ2n) is 4.57. The van der Waals surface area contributed by atoms with E-state index in [1.807, 2.05) is 48.7 Å². The largest absolute Gasteiger partial charge is 0.360 e. The first-order valence-corrected chi connectivity index (χ1v) is 7.54. The molecule has 0 unspecified atom stereocenters. The molecular formula is C15H10ClN3OS. The summed E-state index contributed by atoms with van der Waals surface area (Å²) in [6.07, 6.45) is 1.95. The number of anilines is 1. The monoisotopic (exact) mass is 315 g/mol. The van der Waals surface area contributed by atoms with Crippen LogP contribution in [0.4, 0.5) is 5.82 Å². The van der Waals surface area contributed by atoms with Crippen molar-refractivity contribution in [2.45, 2.75) is 4.90 Å². The summed E-state index contributed by atoms with van der Waals surface area (Å²) in [6, 6.07) is 13.5. The summed E-state index contributed by atoms with van der Waals surface area (Å²) >= 11 is 7.47. The molecule has 6 heteroatoms. The molecule has 0 radical (unpaired) electrons. The van der Waals surface area contributed by atoms with Crippen LogP contribution in [0, 0.1) is 0 Å². The first-order valence-electron chi connectivity index (χ1n) is 6.35. The molecule has 0 spiro atoms. The maximum atomic E-state index is 5.99. The van der Waals surface area contributed by atoms with Crippen LogP contribution in [0.15, 0.2) is 58.1 Å². The Hall–Kier alpha value is -2.11. The van der Waals surface area contributed by atoms with Crippen LogP contribution >= 0.6 is 23.5 Å². The van der Waals surface area contributed by atoms with Crippen molar-refractivity contribution in [3.8, 4) is 0 Å². The minimum absolute atomic E-state index is 0.719. The highest BCUT2D eigenvalue weighted by molar-refractivity contribution is 8.00. The number of hydrogen-bond donors (Lipinski definition) is 2. The van der Waals surface area contributed by atoms with Crippen LogP contribution in [-0.4, -0.2) is 10.1 Å². The van der Waals surface area contributed by atoms with E-state index in [-0.39, 0.29) is 0 Å². The minimum atomic E-state index is 0.719. The van der Waals surface area contributed by atoms with Gasteiger partial charge in [-0.2, -0.15) is 0 Å². The normalized spacial score (nSPS) is 11.3. The Balaban J connectivity index is 1.63. The SMILES string of the molecule is Clc1ccc2c(SNc3noc4ccccc34)c[nH]c2c1. The smallest absolute Gasteiger partial charge is 0.187 e. The Bertz CT molecular complexity index is 931. The number of halogens is 1. The predicted molar refractivity (Wildman–Crippen MR) is 86.8 cm³/mol. The maximum absolute atomic E-state index is 5.99.